The average molecular weight is 404 g/mol. The maximum Gasteiger partial charge on any atom is 0.537 e. The van der Waals surface area contributed by atoms with Gasteiger partial charge in [-0.1, -0.05) is 48.2 Å². The van der Waals surface area contributed by atoms with Crippen LogP contribution < -0.4 is 0 Å². The SMILES string of the molecule is O=S(=O)(OC(F)(F)F)C(F)(F)F.c1ccc(Sc2ccccc2)cc1. The lowest BCUT2D eigenvalue weighted by molar-refractivity contribution is -0.277. The van der Waals surface area contributed by atoms with Crippen molar-refractivity contribution in [2.24, 2.45) is 0 Å². The van der Waals surface area contributed by atoms with Crippen LogP contribution in [0.2, 0.25) is 0 Å². The van der Waals surface area contributed by atoms with Gasteiger partial charge in [0.2, 0.25) is 0 Å². The van der Waals surface area contributed by atoms with E-state index in [0.29, 0.717) is 0 Å². The van der Waals surface area contributed by atoms with E-state index < -0.39 is 22.0 Å². The van der Waals surface area contributed by atoms with Crippen LogP contribution >= 0.6 is 11.8 Å². The lowest BCUT2D eigenvalue weighted by atomic mass is 10.4. The Hall–Kier alpha value is -1.72. The van der Waals surface area contributed by atoms with E-state index in [1.165, 1.54) is 9.79 Å². The first-order valence-electron chi connectivity index (χ1n) is 6.27. The topological polar surface area (TPSA) is 43.4 Å². The molecule has 0 fully saturated rings. The first-order valence-corrected chi connectivity index (χ1v) is 8.50. The minimum Gasteiger partial charge on any atom is -0.189 e. The molecule has 2 aromatic rings. The molecule has 0 aliphatic rings. The zero-order valence-electron chi connectivity index (χ0n) is 12.1. The third kappa shape index (κ3) is 8.27. The number of benzene rings is 2. The number of rotatable bonds is 3. The second-order valence-corrected chi connectivity index (χ2v) is 6.84. The monoisotopic (exact) mass is 404 g/mol. The van der Waals surface area contributed by atoms with Crippen LogP contribution in [0, 0.1) is 0 Å². The van der Waals surface area contributed by atoms with Crippen molar-refractivity contribution < 1.29 is 38.9 Å². The third-order valence-electron chi connectivity index (χ3n) is 2.21. The van der Waals surface area contributed by atoms with E-state index in [1.54, 1.807) is 11.8 Å². The molecule has 0 saturated heterocycles. The van der Waals surface area contributed by atoms with Gasteiger partial charge in [0, 0.05) is 9.79 Å². The summed E-state index contributed by atoms with van der Waals surface area (Å²) < 4.78 is 87.4. The Balaban J connectivity index is 0.000000252. The molecule has 0 N–H and O–H groups in total. The van der Waals surface area contributed by atoms with E-state index >= 15 is 0 Å². The minimum atomic E-state index is -6.58. The number of alkyl halides is 6. The summed E-state index contributed by atoms with van der Waals surface area (Å²) in [6.45, 7) is 0. The molecule has 0 amide bonds. The van der Waals surface area contributed by atoms with Crippen LogP contribution in [-0.4, -0.2) is 20.3 Å². The van der Waals surface area contributed by atoms with E-state index in [4.69, 9.17) is 0 Å². The maximum atomic E-state index is 11.2. The van der Waals surface area contributed by atoms with Crippen molar-refractivity contribution in [2.45, 2.75) is 21.7 Å². The summed E-state index contributed by atoms with van der Waals surface area (Å²) in [6, 6.07) is 20.8. The zero-order valence-corrected chi connectivity index (χ0v) is 13.7. The molecular weight excluding hydrogens is 394 g/mol. The highest BCUT2D eigenvalue weighted by molar-refractivity contribution is 7.99. The van der Waals surface area contributed by atoms with Crippen molar-refractivity contribution in [1.82, 2.24) is 0 Å². The third-order valence-corrected chi connectivity index (χ3v) is 4.20. The fourth-order valence-corrected chi connectivity index (χ4v) is 2.49. The minimum absolute atomic E-state index is 1.29. The average Bonchev–Trinajstić information content (AvgIpc) is 2.46. The van der Waals surface area contributed by atoms with Gasteiger partial charge in [-0.25, -0.2) is 0 Å². The Kier molecular flexibility index (Phi) is 7.32. The van der Waals surface area contributed by atoms with Crippen LogP contribution in [0.25, 0.3) is 0 Å². The molecular formula is C14H10F6O3S2. The molecule has 0 spiro atoms. The molecule has 0 aliphatic heterocycles. The summed E-state index contributed by atoms with van der Waals surface area (Å²) in [7, 11) is -6.58. The van der Waals surface area contributed by atoms with E-state index in [1.807, 2.05) is 16.3 Å². The predicted octanol–water partition coefficient (Wildman–Crippen LogP) is 5.21. The van der Waals surface area contributed by atoms with Gasteiger partial charge in [-0.15, -0.1) is 13.2 Å². The first-order chi connectivity index (χ1) is 11.4. The standard InChI is InChI=1S/C12H10S.C2F6O3S/c1-3-7-11(8-4-1)13-12-9-5-2-6-10-12;3-1(4,5)11-12(9,10)2(6,7)8/h1-10H;. The van der Waals surface area contributed by atoms with Gasteiger partial charge >= 0.3 is 22.0 Å². The molecule has 138 valence electrons. The Labute approximate surface area is 143 Å². The quantitative estimate of drug-likeness (QED) is 0.400. The normalized spacial score (nSPS) is 12.2. The summed E-state index contributed by atoms with van der Waals surface area (Å²) in [5.74, 6) is 0. The molecule has 3 nitrogen and oxygen atoms in total. The van der Waals surface area contributed by atoms with E-state index in [9.17, 15) is 34.8 Å². The Morgan fingerprint density at radius 3 is 1.32 bits per heavy atom. The maximum absolute atomic E-state index is 11.2. The van der Waals surface area contributed by atoms with Crippen molar-refractivity contribution in [3.05, 3.63) is 60.7 Å². The van der Waals surface area contributed by atoms with Gasteiger partial charge in [-0.05, 0) is 24.3 Å². The molecule has 11 heteroatoms. The molecule has 2 rings (SSSR count). The fourth-order valence-electron chi connectivity index (χ4n) is 1.28. The first kappa shape index (κ1) is 21.3. The number of hydrogen-bond donors (Lipinski definition) is 0. The lowest BCUT2D eigenvalue weighted by Gasteiger charge is -2.09. The van der Waals surface area contributed by atoms with Crippen molar-refractivity contribution in [3.63, 3.8) is 0 Å². The number of halogens is 6. The van der Waals surface area contributed by atoms with Crippen LogP contribution in [0.3, 0.4) is 0 Å². The van der Waals surface area contributed by atoms with Gasteiger partial charge in [0.05, 0.1) is 0 Å². The highest BCUT2D eigenvalue weighted by atomic mass is 32.2. The summed E-state index contributed by atoms with van der Waals surface area (Å²) in [5.41, 5.74) is -6.07. The van der Waals surface area contributed by atoms with Gasteiger partial charge in [-0.2, -0.15) is 25.8 Å². The predicted molar refractivity (Wildman–Crippen MR) is 79.1 cm³/mol. The molecule has 0 radical (unpaired) electrons. The van der Waals surface area contributed by atoms with Gasteiger partial charge in [0.1, 0.15) is 0 Å². The second kappa shape index (κ2) is 8.59. The van der Waals surface area contributed by atoms with E-state index in [0.717, 1.165) is 0 Å². The number of hydrogen-bond acceptors (Lipinski definition) is 4. The Bertz CT molecular complexity index is 706. The molecule has 2 aromatic carbocycles. The lowest BCUT2D eigenvalue weighted by Crippen LogP contribution is -2.31. The molecule has 0 bridgehead atoms. The van der Waals surface area contributed by atoms with Crippen LogP contribution in [-0.2, 0) is 14.3 Å². The summed E-state index contributed by atoms with van der Waals surface area (Å²) in [4.78, 5) is 2.57. The molecule has 0 heterocycles. The molecule has 0 unspecified atom stereocenters. The van der Waals surface area contributed by atoms with E-state index in [2.05, 4.69) is 48.5 Å². The Morgan fingerprint density at radius 2 is 1.08 bits per heavy atom. The molecule has 25 heavy (non-hydrogen) atoms. The van der Waals surface area contributed by atoms with Crippen molar-refractivity contribution in [3.8, 4) is 0 Å². The summed E-state index contributed by atoms with van der Waals surface area (Å²) in [5, 5.41) is 0. The van der Waals surface area contributed by atoms with Crippen LogP contribution in [0.15, 0.2) is 70.5 Å². The highest BCUT2D eigenvalue weighted by Gasteiger charge is 2.53. The Morgan fingerprint density at radius 1 is 0.720 bits per heavy atom. The van der Waals surface area contributed by atoms with Gasteiger partial charge in [-0.3, -0.25) is 0 Å². The van der Waals surface area contributed by atoms with Gasteiger partial charge < -0.3 is 0 Å². The summed E-state index contributed by atoms with van der Waals surface area (Å²) >= 11 is 1.79. The van der Waals surface area contributed by atoms with Gasteiger partial charge in [0.25, 0.3) is 0 Å². The smallest absolute Gasteiger partial charge is 0.189 e. The largest absolute Gasteiger partial charge is 0.537 e. The van der Waals surface area contributed by atoms with Crippen LogP contribution in [0.5, 0.6) is 0 Å². The second-order valence-electron chi connectivity index (χ2n) is 4.16. The highest BCUT2D eigenvalue weighted by Crippen LogP contribution is 2.30. The van der Waals surface area contributed by atoms with Crippen molar-refractivity contribution in [2.75, 3.05) is 0 Å². The molecule has 0 atom stereocenters. The van der Waals surface area contributed by atoms with Crippen LogP contribution in [0.1, 0.15) is 0 Å². The van der Waals surface area contributed by atoms with Crippen LogP contribution in [0.4, 0.5) is 26.3 Å². The van der Waals surface area contributed by atoms with E-state index in [-0.39, 0.29) is 0 Å². The van der Waals surface area contributed by atoms with Crippen molar-refractivity contribution in [1.29, 1.82) is 0 Å². The molecule has 0 aromatic heterocycles. The summed E-state index contributed by atoms with van der Waals surface area (Å²) in [6.07, 6.45) is -5.87. The zero-order chi connectivity index (χ0) is 19.1. The molecule has 0 saturated carbocycles. The molecule has 0 aliphatic carbocycles. The van der Waals surface area contributed by atoms with Gasteiger partial charge in [0.15, 0.2) is 0 Å². The van der Waals surface area contributed by atoms with Crippen molar-refractivity contribution >= 4 is 21.9 Å². The fraction of sp³-hybridized carbons (Fsp3) is 0.143.